The average molecular weight is 435 g/mol. The summed E-state index contributed by atoms with van der Waals surface area (Å²) in [7, 11) is 0. The minimum Gasteiger partial charge on any atom is -0.396 e. The molecule has 1 aromatic carbocycles. The van der Waals surface area contributed by atoms with Crippen molar-refractivity contribution >= 4 is 29.5 Å². The lowest BCUT2D eigenvalue weighted by Crippen LogP contribution is -2.48. The van der Waals surface area contributed by atoms with Crippen LogP contribution in [0.25, 0.3) is 6.08 Å². The van der Waals surface area contributed by atoms with Crippen LogP contribution in [0.1, 0.15) is 40.2 Å². The van der Waals surface area contributed by atoms with Gasteiger partial charge in [0, 0.05) is 30.8 Å². The molecule has 3 rings (SSSR count). The number of amides is 2. The Morgan fingerprint density at radius 2 is 2.00 bits per heavy atom. The average Bonchev–Trinajstić information content (AvgIpc) is 3.15. The van der Waals surface area contributed by atoms with Gasteiger partial charge in [-0.3, -0.25) is 9.59 Å². The molecule has 0 saturated carbocycles. The minimum atomic E-state index is -0.838. The Morgan fingerprint density at radius 3 is 2.73 bits per heavy atom. The molecule has 1 atom stereocenters. The van der Waals surface area contributed by atoms with E-state index in [9.17, 15) is 14.0 Å². The van der Waals surface area contributed by atoms with Gasteiger partial charge in [0.25, 0.3) is 5.91 Å². The van der Waals surface area contributed by atoms with Crippen molar-refractivity contribution in [1.29, 1.82) is 0 Å². The van der Waals surface area contributed by atoms with E-state index >= 15 is 0 Å². The number of benzene rings is 1. The van der Waals surface area contributed by atoms with Gasteiger partial charge in [-0.2, -0.15) is 0 Å². The molecule has 30 heavy (non-hydrogen) atoms. The number of aliphatic hydroxyl groups is 1. The predicted molar refractivity (Wildman–Crippen MR) is 112 cm³/mol. The van der Waals surface area contributed by atoms with Crippen molar-refractivity contribution in [3.63, 3.8) is 0 Å². The minimum absolute atomic E-state index is 0.0520. The van der Waals surface area contributed by atoms with E-state index in [2.05, 4.69) is 20.9 Å². The second-order valence-electron chi connectivity index (χ2n) is 7.04. The highest BCUT2D eigenvalue weighted by Crippen LogP contribution is 2.20. The van der Waals surface area contributed by atoms with Crippen molar-refractivity contribution in [2.24, 2.45) is 0 Å². The summed E-state index contributed by atoms with van der Waals surface area (Å²) in [4.78, 5) is 28.5. The topological polar surface area (TPSA) is 106 Å². The van der Waals surface area contributed by atoms with Crippen LogP contribution < -0.4 is 16.0 Å². The van der Waals surface area contributed by atoms with E-state index in [0.29, 0.717) is 36.8 Å². The summed E-state index contributed by atoms with van der Waals surface area (Å²) in [6.45, 7) is 0.916. The fourth-order valence-electron chi connectivity index (χ4n) is 3.14. The molecule has 7 nitrogen and oxygen atoms in total. The molecule has 5 N–H and O–H groups in total. The zero-order chi connectivity index (χ0) is 21.5. The van der Waals surface area contributed by atoms with Gasteiger partial charge in [-0.05, 0) is 42.7 Å². The van der Waals surface area contributed by atoms with Crippen LogP contribution in [0, 0.1) is 5.82 Å². The number of carbonyl (C=O) groups is 2. The zero-order valence-electron chi connectivity index (χ0n) is 16.3. The van der Waals surface area contributed by atoms with Gasteiger partial charge in [-0.25, -0.2) is 4.39 Å². The molecule has 0 radical (unpaired) electrons. The molecule has 0 unspecified atom stereocenters. The third kappa shape index (κ3) is 5.84. The van der Waals surface area contributed by atoms with Gasteiger partial charge >= 0.3 is 0 Å². The maximum absolute atomic E-state index is 13.2. The first-order chi connectivity index (χ1) is 14.5. The number of aliphatic hydroxyl groups excluding tert-OH is 1. The van der Waals surface area contributed by atoms with Gasteiger partial charge in [-0.1, -0.05) is 23.7 Å². The molecule has 2 aromatic rings. The molecule has 1 aliphatic heterocycles. The van der Waals surface area contributed by atoms with Gasteiger partial charge in [0.1, 0.15) is 22.7 Å². The lowest BCUT2D eigenvalue weighted by molar-refractivity contribution is -0.122. The van der Waals surface area contributed by atoms with Crippen LogP contribution in [0.2, 0.25) is 0 Å². The SMILES string of the molecule is O=C(N[C@@H](Cc1ccc(F)cc1)C(=O)NCCCCO)c1cc2c([nH]1)CNC(Cl)=C2. The van der Waals surface area contributed by atoms with Crippen LogP contribution in [0.5, 0.6) is 0 Å². The highest BCUT2D eigenvalue weighted by molar-refractivity contribution is 6.31. The Morgan fingerprint density at radius 1 is 1.23 bits per heavy atom. The lowest BCUT2D eigenvalue weighted by atomic mass is 10.0. The van der Waals surface area contributed by atoms with Gasteiger partial charge in [-0.15, -0.1) is 0 Å². The summed E-state index contributed by atoms with van der Waals surface area (Å²) < 4.78 is 13.2. The quantitative estimate of drug-likeness (QED) is 0.307. The first-order valence-electron chi connectivity index (χ1n) is 9.73. The molecule has 9 heteroatoms. The smallest absolute Gasteiger partial charge is 0.268 e. The normalized spacial score (nSPS) is 13.6. The van der Waals surface area contributed by atoms with Crippen molar-refractivity contribution in [3.8, 4) is 0 Å². The number of halogens is 2. The van der Waals surface area contributed by atoms with Crippen LogP contribution in [0.15, 0.2) is 35.5 Å². The maximum Gasteiger partial charge on any atom is 0.268 e. The molecule has 0 aliphatic carbocycles. The van der Waals surface area contributed by atoms with Crippen LogP contribution in [-0.2, 0) is 17.8 Å². The van der Waals surface area contributed by atoms with E-state index in [1.54, 1.807) is 24.3 Å². The summed E-state index contributed by atoms with van der Waals surface area (Å²) in [6, 6.07) is 6.64. The van der Waals surface area contributed by atoms with Crippen LogP contribution >= 0.6 is 11.6 Å². The Labute approximate surface area is 178 Å². The van der Waals surface area contributed by atoms with Crippen molar-refractivity contribution in [2.45, 2.75) is 31.8 Å². The summed E-state index contributed by atoms with van der Waals surface area (Å²) in [5.74, 6) is -1.14. The Balaban J connectivity index is 1.71. The summed E-state index contributed by atoms with van der Waals surface area (Å²) in [5, 5.41) is 17.9. The number of H-pyrrole nitrogens is 1. The molecule has 0 saturated heterocycles. The first kappa shape index (κ1) is 21.9. The molecule has 0 bridgehead atoms. The number of fused-ring (bicyclic) bond motifs is 1. The molecule has 0 spiro atoms. The van der Waals surface area contributed by atoms with E-state index in [1.165, 1.54) is 12.1 Å². The number of unbranched alkanes of at least 4 members (excludes halogenated alkanes) is 1. The fraction of sp³-hybridized carbons (Fsp3) is 0.333. The van der Waals surface area contributed by atoms with Crippen molar-refractivity contribution in [2.75, 3.05) is 13.2 Å². The first-order valence-corrected chi connectivity index (χ1v) is 10.1. The molecule has 2 amide bonds. The number of nitrogens with one attached hydrogen (secondary N) is 4. The number of hydrogen-bond donors (Lipinski definition) is 5. The summed E-state index contributed by atoms with van der Waals surface area (Å²) in [6.07, 6.45) is 3.14. The summed E-state index contributed by atoms with van der Waals surface area (Å²) in [5.41, 5.74) is 2.68. The van der Waals surface area contributed by atoms with Gasteiger partial charge in [0.2, 0.25) is 5.91 Å². The molecule has 1 aliphatic rings. The highest BCUT2D eigenvalue weighted by Gasteiger charge is 2.23. The van der Waals surface area contributed by atoms with Gasteiger partial charge in [0.15, 0.2) is 0 Å². The van der Waals surface area contributed by atoms with E-state index in [1.807, 2.05) is 0 Å². The number of carbonyl (C=O) groups excluding carboxylic acids is 2. The lowest BCUT2D eigenvalue weighted by Gasteiger charge is -2.18. The number of aromatic nitrogens is 1. The maximum atomic E-state index is 13.2. The Hall–Kier alpha value is -2.84. The van der Waals surface area contributed by atoms with Gasteiger partial charge in [0.05, 0.1) is 6.54 Å². The van der Waals surface area contributed by atoms with E-state index < -0.39 is 11.9 Å². The molecular weight excluding hydrogens is 411 g/mol. The van der Waals surface area contributed by atoms with E-state index in [-0.39, 0.29) is 24.8 Å². The van der Waals surface area contributed by atoms with Crippen molar-refractivity contribution < 1.29 is 19.1 Å². The molecule has 0 fully saturated rings. The van der Waals surface area contributed by atoms with Crippen molar-refractivity contribution in [3.05, 3.63) is 63.8 Å². The molecular formula is C21H24ClFN4O3. The molecule has 160 valence electrons. The number of rotatable bonds is 9. The van der Waals surface area contributed by atoms with Gasteiger partial charge < -0.3 is 26.0 Å². The van der Waals surface area contributed by atoms with Crippen molar-refractivity contribution in [1.82, 2.24) is 20.9 Å². The Bertz CT molecular complexity index is 927. The third-order valence-corrected chi connectivity index (χ3v) is 5.00. The zero-order valence-corrected chi connectivity index (χ0v) is 17.1. The molecule has 1 aromatic heterocycles. The van der Waals surface area contributed by atoms with Crippen LogP contribution in [0.4, 0.5) is 4.39 Å². The predicted octanol–water partition coefficient (Wildman–Crippen LogP) is 2.02. The number of hydrogen-bond acceptors (Lipinski definition) is 4. The summed E-state index contributed by atoms with van der Waals surface area (Å²) >= 11 is 5.97. The monoisotopic (exact) mass is 434 g/mol. The second kappa shape index (κ2) is 10.3. The van der Waals surface area contributed by atoms with E-state index in [4.69, 9.17) is 16.7 Å². The fourth-order valence-corrected chi connectivity index (χ4v) is 3.33. The second-order valence-corrected chi connectivity index (χ2v) is 7.45. The number of aromatic amines is 1. The highest BCUT2D eigenvalue weighted by atomic mass is 35.5. The van der Waals surface area contributed by atoms with Crippen LogP contribution in [-0.4, -0.2) is 41.1 Å². The van der Waals surface area contributed by atoms with E-state index in [0.717, 1.165) is 16.8 Å². The largest absolute Gasteiger partial charge is 0.396 e. The Kier molecular flexibility index (Phi) is 7.48. The van der Waals surface area contributed by atoms with Crippen LogP contribution in [0.3, 0.4) is 0 Å². The standard InChI is InChI=1S/C21H24ClFN4O3/c22-19-11-14-10-17(26-18(14)12-25-19)21(30)27-16(20(29)24-7-1-2-8-28)9-13-3-5-15(23)6-4-13/h3-6,10-11,16,25-26,28H,1-2,7-9,12H2,(H,24,29)(H,27,30)/t16-/m0/s1. The third-order valence-electron chi connectivity index (χ3n) is 4.75. The molecule has 2 heterocycles.